The van der Waals surface area contributed by atoms with Crippen molar-refractivity contribution in [1.82, 2.24) is 9.47 Å². The molecule has 3 rings (SSSR count). The maximum Gasteiger partial charge on any atom is 0.318 e. The summed E-state index contributed by atoms with van der Waals surface area (Å²) in [6.45, 7) is 12.2. The van der Waals surface area contributed by atoms with Crippen molar-refractivity contribution in [1.29, 1.82) is 0 Å². The molecule has 6 heteroatoms. The number of rotatable bonds is 9. The van der Waals surface area contributed by atoms with Crippen LogP contribution in [0, 0.1) is 20.8 Å². The van der Waals surface area contributed by atoms with E-state index in [1.807, 2.05) is 66.2 Å². The van der Waals surface area contributed by atoms with Crippen LogP contribution in [0.5, 0.6) is 5.75 Å². The van der Waals surface area contributed by atoms with Crippen molar-refractivity contribution in [3.05, 3.63) is 64.3 Å². The number of hydrogen-bond donors (Lipinski definition) is 0. The minimum Gasteiger partial charge on any atom is -0.426 e. The van der Waals surface area contributed by atoms with E-state index in [1.54, 1.807) is 10.6 Å². The van der Waals surface area contributed by atoms with Crippen molar-refractivity contribution in [3.8, 4) is 5.75 Å². The van der Waals surface area contributed by atoms with E-state index >= 15 is 0 Å². The lowest BCUT2D eigenvalue weighted by Gasteiger charge is -2.29. The first-order valence-corrected chi connectivity index (χ1v) is 12.4. The predicted molar refractivity (Wildman–Crippen MR) is 144 cm³/mol. The number of ketones is 1. The maximum absolute atomic E-state index is 13.7. The van der Waals surface area contributed by atoms with Gasteiger partial charge in [0.2, 0.25) is 5.91 Å². The lowest BCUT2D eigenvalue weighted by Crippen LogP contribution is -2.27. The fourth-order valence-corrected chi connectivity index (χ4v) is 4.95. The van der Waals surface area contributed by atoms with Crippen LogP contribution in [0.25, 0.3) is 10.9 Å². The lowest BCUT2D eigenvalue weighted by molar-refractivity contribution is -0.137. The third-order valence-corrected chi connectivity index (χ3v) is 6.47. The van der Waals surface area contributed by atoms with Gasteiger partial charge in [0.15, 0.2) is 0 Å². The predicted octanol–water partition coefficient (Wildman–Crippen LogP) is 5.56. The van der Waals surface area contributed by atoms with E-state index < -0.39 is 11.4 Å². The summed E-state index contributed by atoms with van der Waals surface area (Å²) in [5.74, 6) is -0.449. The SMILES string of the molecule is CC(=O)CC(=O)Oc1cc(C)cc(C)c1C(C)(C)CC(=O)n1cc(CCN(C)C)c2cc(C)ccc21. The van der Waals surface area contributed by atoms with Crippen LogP contribution in [0.3, 0.4) is 0 Å². The fourth-order valence-electron chi connectivity index (χ4n) is 4.95. The average Bonchev–Trinajstić information content (AvgIpc) is 3.08. The molecule has 0 saturated heterocycles. The van der Waals surface area contributed by atoms with E-state index in [9.17, 15) is 14.4 Å². The van der Waals surface area contributed by atoms with Crippen molar-refractivity contribution in [2.75, 3.05) is 20.6 Å². The summed E-state index contributed by atoms with van der Waals surface area (Å²) in [7, 11) is 4.09. The van der Waals surface area contributed by atoms with Gasteiger partial charge in [-0.15, -0.1) is 0 Å². The van der Waals surface area contributed by atoms with Crippen molar-refractivity contribution < 1.29 is 19.1 Å². The van der Waals surface area contributed by atoms with Crippen LogP contribution < -0.4 is 4.74 Å². The highest BCUT2D eigenvalue weighted by Gasteiger charge is 2.31. The van der Waals surface area contributed by atoms with Gasteiger partial charge in [0, 0.05) is 35.5 Å². The zero-order valence-electron chi connectivity index (χ0n) is 22.8. The van der Waals surface area contributed by atoms with Crippen LogP contribution in [0.1, 0.15) is 66.2 Å². The van der Waals surface area contributed by atoms with Gasteiger partial charge in [-0.1, -0.05) is 31.5 Å². The minimum absolute atomic E-state index is 0.0223. The van der Waals surface area contributed by atoms with Crippen LogP contribution in [-0.4, -0.2) is 47.8 Å². The number of esters is 1. The Morgan fingerprint density at radius 3 is 2.33 bits per heavy atom. The zero-order chi connectivity index (χ0) is 26.8. The number of fused-ring (bicyclic) bond motifs is 1. The molecule has 0 aliphatic rings. The van der Waals surface area contributed by atoms with E-state index in [-0.39, 0.29) is 24.5 Å². The van der Waals surface area contributed by atoms with Gasteiger partial charge in [0.05, 0.1) is 5.52 Å². The molecule has 6 nitrogen and oxygen atoms in total. The Morgan fingerprint density at radius 1 is 1.00 bits per heavy atom. The van der Waals surface area contributed by atoms with Crippen molar-refractivity contribution in [2.45, 2.75) is 66.2 Å². The highest BCUT2D eigenvalue weighted by molar-refractivity contribution is 5.96. The molecule has 0 aliphatic heterocycles. The summed E-state index contributed by atoms with van der Waals surface area (Å²) in [5, 5.41) is 1.10. The van der Waals surface area contributed by atoms with Gasteiger partial charge < -0.3 is 9.64 Å². The van der Waals surface area contributed by atoms with Gasteiger partial charge in [-0.3, -0.25) is 19.0 Å². The molecule has 0 radical (unpaired) electrons. The topological polar surface area (TPSA) is 68.6 Å². The quantitative estimate of drug-likeness (QED) is 0.223. The molecule has 0 amide bonds. The molecule has 0 bridgehead atoms. The van der Waals surface area contributed by atoms with Gasteiger partial charge in [-0.2, -0.15) is 0 Å². The maximum atomic E-state index is 13.7. The summed E-state index contributed by atoms with van der Waals surface area (Å²) >= 11 is 0. The number of aryl methyl sites for hydroxylation is 3. The van der Waals surface area contributed by atoms with E-state index in [2.05, 4.69) is 17.9 Å². The normalized spacial score (nSPS) is 11.8. The molecule has 0 atom stereocenters. The second kappa shape index (κ2) is 10.8. The van der Waals surface area contributed by atoms with Crippen LogP contribution >= 0.6 is 0 Å². The minimum atomic E-state index is -0.619. The molecule has 0 N–H and O–H groups in total. The molecule has 2 aromatic carbocycles. The van der Waals surface area contributed by atoms with Crippen LogP contribution in [0.4, 0.5) is 0 Å². The average molecular weight is 491 g/mol. The van der Waals surface area contributed by atoms with Gasteiger partial charge in [-0.25, -0.2) is 0 Å². The van der Waals surface area contributed by atoms with Gasteiger partial charge in [0.25, 0.3) is 0 Å². The van der Waals surface area contributed by atoms with Gasteiger partial charge in [0.1, 0.15) is 18.0 Å². The highest BCUT2D eigenvalue weighted by atomic mass is 16.5. The molecule has 0 spiro atoms. The molecule has 192 valence electrons. The third-order valence-electron chi connectivity index (χ3n) is 6.47. The molecule has 0 unspecified atom stereocenters. The molecular weight excluding hydrogens is 452 g/mol. The monoisotopic (exact) mass is 490 g/mol. The second-order valence-corrected chi connectivity index (χ2v) is 10.9. The van der Waals surface area contributed by atoms with E-state index in [0.29, 0.717) is 5.75 Å². The van der Waals surface area contributed by atoms with E-state index in [0.717, 1.165) is 51.7 Å². The fraction of sp³-hybridized carbons (Fsp3) is 0.433. The molecule has 1 aromatic heterocycles. The molecule has 0 saturated carbocycles. The third kappa shape index (κ3) is 6.30. The number of hydrogen-bond acceptors (Lipinski definition) is 5. The number of likely N-dealkylation sites (N-methyl/N-ethyl adjacent to an activating group) is 1. The van der Waals surface area contributed by atoms with Gasteiger partial charge >= 0.3 is 5.97 Å². The Kier molecular flexibility index (Phi) is 8.19. The van der Waals surface area contributed by atoms with Crippen molar-refractivity contribution >= 4 is 28.6 Å². The number of nitrogens with zero attached hydrogens (tertiary/aromatic N) is 2. The standard InChI is InChI=1S/C30H38N2O4/c1-19-9-10-25-24(14-19)23(11-12-31(7)8)18-32(25)27(34)17-30(5,6)29-21(3)13-20(2)15-26(29)36-28(35)16-22(4)33/h9-10,13-15,18H,11-12,16-17H2,1-8H3. The summed E-state index contributed by atoms with van der Waals surface area (Å²) in [6.07, 6.45) is 2.76. The number of carbonyl (C=O) groups is 3. The lowest BCUT2D eigenvalue weighted by atomic mass is 9.78. The summed E-state index contributed by atoms with van der Waals surface area (Å²) in [5.41, 5.74) is 5.29. The zero-order valence-corrected chi connectivity index (χ0v) is 22.8. The van der Waals surface area contributed by atoms with Crippen LogP contribution in [0.15, 0.2) is 36.5 Å². The molecule has 3 aromatic rings. The number of carbonyl (C=O) groups excluding carboxylic acids is 3. The first-order valence-electron chi connectivity index (χ1n) is 12.4. The Morgan fingerprint density at radius 2 is 1.69 bits per heavy atom. The number of aromatic nitrogens is 1. The first kappa shape index (κ1) is 27.3. The van der Waals surface area contributed by atoms with Crippen molar-refractivity contribution in [3.63, 3.8) is 0 Å². The molecule has 0 aliphatic carbocycles. The Bertz CT molecular complexity index is 1310. The van der Waals surface area contributed by atoms with Crippen LogP contribution in [0.2, 0.25) is 0 Å². The first-order chi connectivity index (χ1) is 16.8. The Hall–Kier alpha value is -3.25. The molecular formula is C30H38N2O4. The Labute approximate surface area is 214 Å². The molecule has 1 heterocycles. The summed E-state index contributed by atoms with van der Waals surface area (Å²) < 4.78 is 7.42. The van der Waals surface area contributed by atoms with E-state index in [1.165, 1.54) is 6.92 Å². The van der Waals surface area contributed by atoms with Gasteiger partial charge in [-0.05, 0) is 83.1 Å². The second-order valence-electron chi connectivity index (χ2n) is 10.9. The number of Topliss-reactive ketones (excluding diaryl/α,β-unsaturated/α-hetero) is 1. The van der Waals surface area contributed by atoms with E-state index in [4.69, 9.17) is 4.74 Å². The van der Waals surface area contributed by atoms with Crippen LogP contribution in [-0.2, 0) is 21.4 Å². The van der Waals surface area contributed by atoms with Crippen molar-refractivity contribution in [2.24, 2.45) is 0 Å². The number of ether oxygens (including phenoxy) is 1. The smallest absolute Gasteiger partial charge is 0.318 e. The molecule has 36 heavy (non-hydrogen) atoms. The summed E-state index contributed by atoms with van der Waals surface area (Å²) in [4.78, 5) is 39.6. The summed E-state index contributed by atoms with van der Waals surface area (Å²) in [6, 6.07) is 10.0. The Balaban J connectivity index is 1.99. The molecule has 0 fully saturated rings. The largest absolute Gasteiger partial charge is 0.426 e. The number of benzene rings is 2. The highest BCUT2D eigenvalue weighted by Crippen LogP contribution is 2.39.